The van der Waals surface area contributed by atoms with Gasteiger partial charge in [0.25, 0.3) is 0 Å². The van der Waals surface area contributed by atoms with Gasteiger partial charge in [-0.05, 0) is 19.1 Å². The van der Waals surface area contributed by atoms with E-state index in [1.165, 1.54) is 11.3 Å². The minimum atomic E-state index is 0.199. The Morgan fingerprint density at radius 3 is 2.42 bits per heavy atom. The van der Waals surface area contributed by atoms with Crippen LogP contribution in [0.1, 0.15) is 15.9 Å². The van der Waals surface area contributed by atoms with E-state index in [1.807, 2.05) is 43.3 Å². The van der Waals surface area contributed by atoms with Crippen LogP contribution in [0.3, 0.4) is 0 Å². The molecule has 1 heterocycles. The molecule has 0 N–H and O–H groups in total. The number of ether oxygens (including phenoxy) is 1. The van der Waals surface area contributed by atoms with Gasteiger partial charge in [0.2, 0.25) is 0 Å². The number of carbonyl (C=O) groups is 1. The Morgan fingerprint density at radius 2 is 1.75 bits per heavy atom. The zero-order valence-electron chi connectivity index (χ0n) is 14.4. The quantitative estimate of drug-likeness (QED) is 0.792. The highest BCUT2D eigenvalue weighted by molar-refractivity contribution is 5.97. The molecule has 0 radical (unpaired) electrons. The molecule has 126 valence electrons. The second-order valence-electron chi connectivity index (χ2n) is 6.25. The largest absolute Gasteiger partial charge is 0.497 e. The lowest BCUT2D eigenvalue weighted by Crippen LogP contribution is -2.48. The van der Waals surface area contributed by atoms with Gasteiger partial charge in [-0.25, -0.2) is 0 Å². The van der Waals surface area contributed by atoms with Crippen LogP contribution in [0.25, 0.3) is 0 Å². The third kappa shape index (κ3) is 3.95. The molecule has 0 atom stereocenters. The number of ketones is 1. The summed E-state index contributed by atoms with van der Waals surface area (Å²) in [6, 6.07) is 16.0. The molecule has 1 aliphatic rings. The molecule has 1 saturated heterocycles. The van der Waals surface area contributed by atoms with E-state index in [4.69, 9.17) is 4.74 Å². The summed E-state index contributed by atoms with van der Waals surface area (Å²) in [5.74, 6) is 1.08. The summed E-state index contributed by atoms with van der Waals surface area (Å²) in [5, 5.41) is 0. The van der Waals surface area contributed by atoms with E-state index in [-0.39, 0.29) is 5.78 Å². The fraction of sp³-hybridized carbons (Fsp3) is 0.350. The topological polar surface area (TPSA) is 32.8 Å². The lowest BCUT2D eigenvalue weighted by Gasteiger charge is -2.35. The van der Waals surface area contributed by atoms with Crippen molar-refractivity contribution in [2.45, 2.75) is 6.92 Å². The summed E-state index contributed by atoms with van der Waals surface area (Å²) in [7, 11) is 1.69. The smallest absolute Gasteiger partial charge is 0.176 e. The van der Waals surface area contributed by atoms with Crippen LogP contribution < -0.4 is 9.64 Å². The van der Waals surface area contributed by atoms with Crippen LogP contribution in [0.2, 0.25) is 0 Å². The van der Waals surface area contributed by atoms with Crippen molar-refractivity contribution in [3.8, 4) is 5.75 Å². The normalized spacial score (nSPS) is 15.3. The molecule has 1 fully saturated rings. The molecular weight excluding hydrogens is 300 g/mol. The number of Topliss-reactive ketones (excluding diaryl/α,β-unsaturated/α-hetero) is 1. The van der Waals surface area contributed by atoms with Crippen LogP contribution in [0.4, 0.5) is 5.69 Å². The third-order valence-electron chi connectivity index (χ3n) is 4.53. The maximum atomic E-state index is 12.4. The number of aryl methyl sites for hydroxylation is 1. The van der Waals surface area contributed by atoms with Gasteiger partial charge in [-0.1, -0.05) is 35.9 Å². The van der Waals surface area contributed by atoms with Crippen LogP contribution in [0.5, 0.6) is 5.75 Å². The molecule has 0 bridgehead atoms. The van der Waals surface area contributed by atoms with Gasteiger partial charge in [0.05, 0.1) is 13.7 Å². The maximum Gasteiger partial charge on any atom is 0.176 e. The van der Waals surface area contributed by atoms with E-state index in [9.17, 15) is 4.79 Å². The molecule has 0 aromatic heterocycles. The number of benzene rings is 2. The van der Waals surface area contributed by atoms with Crippen LogP contribution in [0.15, 0.2) is 48.5 Å². The van der Waals surface area contributed by atoms with E-state index in [0.29, 0.717) is 6.54 Å². The van der Waals surface area contributed by atoms with E-state index < -0.39 is 0 Å². The molecule has 4 nitrogen and oxygen atoms in total. The summed E-state index contributed by atoms with van der Waals surface area (Å²) in [6.45, 7) is 6.17. The lowest BCUT2D eigenvalue weighted by atomic mass is 10.1. The van der Waals surface area contributed by atoms with Crippen molar-refractivity contribution in [2.24, 2.45) is 0 Å². The highest BCUT2D eigenvalue weighted by Gasteiger charge is 2.20. The number of methoxy groups -OCH3 is 1. The second-order valence-corrected chi connectivity index (χ2v) is 6.25. The van der Waals surface area contributed by atoms with Crippen molar-refractivity contribution in [3.63, 3.8) is 0 Å². The Balaban J connectivity index is 1.55. The monoisotopic (exact) mass is 324 g/mol. The molecule has 4 heteroatoms. The van der Waals surface area contributed by atoms with Gasteiger partial charge >= 0.3 is 0 Å². The van der Waals surface area contributed by atoms with Gasteiger partial charge in [-0.3, -0.25) is 9.69 Å². The Bertz CT molecular complexity index is 689. The molecule has 0 spiro atoms. The summed E-state index contributed by atoms with van der Waals surface area (Å²) in [6.07, 6.45) is 0. The van der Waals surface area contributed by atoms with E-state index in [2.05, 4.69) is 21.9 Å². The summed E-state index contributed by atoms with van der Waals surface area (Å²) < 4.78 is 5.30. The minimum absolute atomic E-state index is 0.199. The molecule has 0 aliphatic carbocycles. The van der Waals surface area contributed by atoms with Crippen molar-refractivity contribution in [1.82, 2.24) is 4.90 Å². The number of carbonyl (C=O) groups excluding carboxylic acids is 1. The van der Waals surface area contributed by atoms with E-state index >= 15 is 0 Å². The number of nitrogens with zero attached hydrogens (tertiary/aromatic N) is 2. The van der Waals surface area contributed by atoms with E-state index in [1.54, 1.807) is 7.11 Å². The first kappa shape index (κ1) is 16.5. The van der Waals surface area contributed by atoms with Gasteiger partial charge in [0.1, 0.15) is 5.75 Å². The standard InChI is InChI=1S/C20H24N2O2/c1-16-6-8-17(9-7-16)20(23)15-21-10-12-22(13-11-21)18-4-3-5-19(14-18)24-2/h3-9,14H,10-13,15H2,1-2H3. The SMILES string of the molecule is COc1cccc(N2CCN(CC(=O)c3ccc(C)cc3)CC2)c1. The van der Waals surface area contributed by atoms with Crippen molar-refractivity contribution in [3.05, 3.63) is 59.7 Å². The average Bonchev–Trinajstić information content (AvgIpc) is 2.63. The highest BCUT2D eigenvalue weighted by Crippen LogP contribution is 2.22. The molecule has 24 heavy (non-hydrogen) atoms. The Kier molecular flexibility index (Phi) is 5.16. The van der Waals surface area contributed by atoms with Gasteiger partial charge in [0.15, 0.2) is 5.78 Å². The van der Waals surface area contributed by atoms with Crippen molar-refractivity contribution in [1.29, 1.82) is 0 Å². The zero-order chi connectivity index (χ0) is 16.9. The summed E-state index contributed by atoms with van der Waals surface area (Å²) in [4.78, 5) is 17.0. The predicted molar refractivity (Wildman–Crippen MR) is 97.2 cm³/mol. The van der Waals surface area contributed by atoms with Crippen molar-refractivity contribution >= 4 is 11.5 Å². The number of hydrogen-bond acceptors (Lipinski definition) is 4. The van der Waals surface area contributed by atoms with Crippen molar-refractivity contribution in [2.75, 3.05) is 44.7 Å². The second kappa shape index (κ2) is 7.49. The first-order valence-electron chi connectivity index (χ1n) is 8.37. The molecule has 0 unspecified atom stereocenters. The van der Waals surface area contributed by atoms with Crippen LogP contribution in [-0.2, 0) is 0 Å². The molecular formula is C20H24N2O2. The Hall–Kier alpha value is -2.33. The fourth-order valence-electron chi connectivity index (χ4n) is 3.01. The maximum absolute atomic E-state index is 12.4. The average molecular weight is 324 g/mol. The van der Waals surface area contributed by atoms with Gasteiger partial charge < -0.3 is 9.64 Å². The number of piperazine rings is 1. The summed E-state index contributed by atoms with van der Waals surface area (Å²) in [5.41, 5.74) is 3.16. The van der Waals surface area contributed by atoms with Gasteiger partial charge in [-0.15, -0.1) is 0 Å². The number of rotatable bonds is 5. The van der Waals surface area contributed by atoms with Crippen LogP contribution >= 0.6 is 0 Å². The lowest BCUT2D eigenvalue weighted by molar-refractivity contribution is 0.0926. The molecule has 2 aromatic carbocycles. The van der Waals surface area contributed by atoms with Gasteiger partial charge in [-0.2, -0.15) is 0 Å². The summed E-state index contributed by atoms with van der Waals surface area (Å²) >= 11 is 0. The minimum Gasteiger partial charge on any atom is -0.497 e. The van der Waals surface area contributed by atoms with Gasteiger partial charge in [0, 0.05) is 43.5 Å². The first-order valence-corrected chi connectivity index (χ1v) is 8.37. The van der Waals surface area contributed by atoms with Crippen molar-refractivity contribution < 1.29 is 9.53 Å². The van der Waals surface area contributed by atoms with Crippen LogP contribution in [-0.4, -0.2) is 50.5 Å². The molecule has 0 saturated carbocycles. The van der Waals surface area contributed by atoms with E-state index in [0.717, 1.165) is 37.5 Å². The predicted octanol–water partition coefficient (Wildman–Crippen LogP) is 3.01. The molecule has 1 aliphatic heterocycles. The number of hydrogen-bond donors (Lipinski definition) is 0. The van der Waals surface area contributed by atoms with Crippen LogP contribution in [0, 0.1) is 6.92 Å². The Labute approximate surface area is 143 Å². The zero-order valence-corrected chi connectivity index (χ0v) is 14.4. The highest BCUT2D eigenvalue weighted by atomic mass is 16.5. The molecule has 0 amide bonds. The number of anilines is 1. The molecule has 3 rings (SSSR count). The third-order valence-corrected chi connectivity index (χ3v) is 4.53. The fourth-order valence-corrected chi connectivity index (χ4v) is 3.01. The molecule has 2 aromatic rings. The Morgan fingerprint density at radius 1 is 1.04 bits per heavy atom. The first-order chi connectivity index (χ1) is 11.7.